The predicted octanol–water partition coefficient (Wildman–Crippen LogP) is 6.33. The number of rotatable bonds is 7. The van der Waals surface area contributed by atoms with Gasteiger partial charge in [0.05, 0.1) is 21.2 Å². The monoisotopic (exact) mass is 546 g/mol. The van der Waals surface area contributed by atoms with Gasteiger partial charge in [-0.25, -0.2) is 8.42 Å². The molecule has 10 heteroatoms. The van der Waals surface area contributed by atoms with Crippen LogP contribution in [0.25, 0.3) is 10.8 Å². The van der Waals surface area contributed by atoms with E-state index in [0.29, 0.717) is 10.4 Å². The van der Waals surface area contributed by atoms with E-state index in [2.05, 4.69) is 5.32 Å². The van der Waals surface area contributed by atoms with E-state index in [1.807, 2.05) is 42.5 Å². The van der Waals surface area contributed by atoms with E-state index in [-0.39, 0.29) is 17.1 Å². The van der Waals surface area contributed by atoms with Crippen LogP contribution >= 0.6 is 11.6 Å². The van der Waals surface area contributed by atoms with Gasteiger partial charge in [-0.3, -0.25) is 9.10 Å². The summed E-state index contributed by atoms with van der Waals surface area (Å²) >= 11 is 5.74. The van der Waals surface area contributed by atoms with Crippen LogP contribution in [-0.4, -0.2) is 20.9 Å². The number of nitrogens with one attached hydrogen (secondary N) is 1. The van der Waals surface area contributed by atoms with Crippen molar-refractivity contribution in [2.75, 3.05) is 10.8 Å². The number of halogens is 4. The summed E-state index contributed by atoms with van der Waals surface area (Å²) in [5.74, 6) is -0.688. The third kappa shape index (κ3) is 5.89. The van der Waals surface area contributed by atoms with Gasteiger partial charge < -0.3 is 5.32 Å². The maximum atomic E-state index is 13.5. The number of nitrogens with zero attached hydrogens (tertiary/aromatic N) is 1. The van der Waals surface area contributed by atoms with E-state index in [0.717, 1.165) is 34.0 Å². The van der Waals surface area contributed by atoms with Crippen molar-refractivity contribution in [1.29, 1.82) is 0 Å². The molecule has 4 aromatic rings. The van der Waals surface area contributed by atoms with Crippen LogP contribution in [0.4, 0.5) is 18.9 Å². The maximum Gasteiger partial charge on any atom is 0.417 e. The molecule has 0 spiro atoms. The number of carbonyl (C=O) groups is 1. The van der Waals surface area contributed by atoms with Crippen molar-refractivity contribution in [1.82, 2.24) is 5.32 Å². The third-order valence-corrected chi connectivity index (χ3v) is 7.91. The standard InChI is InChI=1S/C27H22ClF3N2O3S/c1-18-9-12-22(13-10-18)37(35,36)33(21-11-14-25(28)24(15-21)27(29,30)31)17-26(34)32-16-20-7-4-6-19-5-2-3-8-23(19)20/h2-15H,16-17H2,1H3,(H,32,34). The van der Waals surface area contributed by atoms with Crippen molar-refractivity contribution in [3.8, 4) is 0 Å². The van der Waals surface area contributed by atoms with Crippen LogP contribution in [0.3, 0.4) is 0 Å². The fourth-order valence-electron chi connectivity index (χ4n) is 3.86. The first-order valence-corrected chi connectivity index (χ1v) is 13.0. The van der Waals surface area contributed by atoms with E-state index < -0.39 is 39.2 Å². The van der Waals surface area contributed by atoms with Crippen molar-refractivity contribution >= 4 is 44.0 Å². The average Bonchev–Trinajstić information content (AvgIpc) is 2.86. The number of aryl methyl sites for hydroxylation is 1. The highest BCUT2D eigenvalue weighted by molar-refractivity contribution is 7.92. The van der Waals surface area contributed by atoms with Gasteiger partial charge in [0.2, 0.25) is 5.91 Å². The Balaban J connectivity index is 1.67. The molecule has 0 saturated carbocycles. The second-order valence-corrected chi connectivity index (χ2v) is 10.7. The van der Waals surface area contributed by atoms with Gasteiger partial charge in [0, 0.05) is 6.54 Å². The van der Waals surface area contributed by atoms with Gasteiger partial charge in [0.25, 0.3) is 10.0 Å². The summed E-state index contributed by atoms with van der Waals surface area (Å²) in [4.78, 5) is 12.8. The molecule has 0 radical (unpaired) electrons. The highest BCUT2D eigenvalue weighted by Gasteiger charge is 2.35. The molecule has 0 aliphatic heterocycles. The molecule has 0 saturated heterocycles. The Morgan fingerprint density at radius 1 is 0.946 bits per heavy atom. The summed E-state index contributed by atoms with van der Waals surface area (Å²) in [6, 6.07) is 21.7. The number of sulfonamides is 1. The quantitative estimate of drug-likeness (QED) is 0.294. The molecule has 0 aliphatic carbocycles. The topological polar surface area (TPSA) is 66.5 Å². The zero-order valence-electron chi connectivity index (χ0n) is 19.6. The van der Waals surface area contributed by atoms with Crippen LogP contribution in [0.1, 0.15) is 16.7 Å². The molecule has 192 valence electrons. The SMILES string of the molecule is Cc1ccc(S(=O)(=O)N(CC(=O)NCc2cccc3ccccc23)c2ccc(Cl)c(C(F)(F)F)c2)cc1. The molecular weight excluding hydrogens is 525 g/mol. The third-order valence-electron chi connectivity index (χ3n) is 5.80. The lowest BCUT2D eigenvalue weighted by atomic mass is 10.0. The van der Waals surface area contributed by atoms with Crippen LogP contribution in [0, 0.1) is 6.92 Å². The second kappa shape index (κ2) is 10.4. The molecule has 0 bridgehead atoms. The largest absolute Gasteiger partial charge is 0.417 e. The van der Waals surface area contributed by atoms with Gasteiger partial charge >= 0.3 is 6.18 Å². The number of alkyl halides is 3. The van der Waals surface area contributed by atoms with Crippen molar-refractivity contribution in [3.63, 3.8) is 0 Å². The van der Waals surface area contributed by atoms with Crippen LogP contribution in [0.5, 0.6) is 0 Å². The number of hydrogen-bond acceptors (Lipinski definition) is 3. The molecule has 0 heterocycles. The molecule has 0 aromatic heterocycles. The van der Waals surface area contributed by atoms with E-state index in [1.54, 1.807) is 19.1 Å². The summed E-state index contributed by atoms with van der Waals surface area (Å²) < 4.78 is 68.2. The van der Waals surface area contributed by atoms with Crippen molar-refractivity contribution in [2.45, 2.75) is 24.5 Å². The molecule has 1 N–H and O–H groups in total. The zero-order chi connectivity index (χ0) is 26.8. The first-order chi connectivity index (χ1) is 17.5. The Labute approximate surface area is 217 Å². The number of hydrogen-bond donors (Lipinski definition) is 1. The molecule has 0 unspecified atom stereocenters. The summed E-state index contributed by atoms with van der Waals surface area (Å²) in [5.41, 5.74) is 0.0685. The highest BCUT2D eigenvalue weighted by atomic mass is 35.5. The van der Waals surface area contributed by atoms with E-state index in [9.17, 15) is 26.4 Å². The number of carbonyl (C=O) groups excluding carboxylic acids is 1. The van der Waals surface area contributed by atoms with Gasteiger partial charge in [-0.15, -0.1) is 0 Å². The summed E-state index contributed by atoms with van der Waals surface area (Å²) in [6.45, 7) is 1.14. The first kappa shape index (κ1) is 26.5. The number of fused-ring (bicyclic) bond motifs is 1. The van der Waals surface area contributed by atoms with Gasteiger partial charge in [0.1, 0.15) is 6.54 Å². The van der Waals surface area contributed by atoms with Crippen LogP contribution in [0.2, 0.25) is 5.02 Å². The molecule has 5 nitrogen and oxygen atoms in total. The average molecular weight is 547 g/mol. The molecular formula is C27H22ClF3N2O3S. The minimum absolute atomic E-state index is 0.104. The van der Waals surface area contributed by atoms with Crippen LogP contribution < -0.4 is 9.62 Å². The minimum atomic E-state index is -4.82. The Hall–Kier alpha value is -3.56. The minimum Gasteiger partial charge on any atom is -0.350 e. The van der Waals surface area contributed by atoms with E-state index in [4.69, 9.17) is 11.6 Å². The van der Waals surface area contributed by atoms with E-state index >= 15 is 0 Å². The van der Waals surface area contributed by atoms with Crippen LogP contribution in [0.15, 0.2) is 89.8 Å². The normalized spacial score (nSPS) is 11.9. The molecule has 1 amide bonds. The smallest absolute Gasteiger partial charge is 0.350 e. The fourth-order valence-corrected chi connectivity index (χ4v) is 5.50. The van der Waals surface area contributed by atoms with Gasteiger partial charge in [-0.05, 0) is 53.6 Å². The predicted molar refractivity (Wildman–Crippen MR) is 138 cm³/mol. The number of anilines is 1. The first-order valence-electron chi connectivity index (χ1n) is 11.2. The maximum absolute atomic E-state index is 13.5. The molecule has 0 atom stereocenters. The van der Waals surface area contributed by atoms with Gasteiger partial charge in [0.15, 0.2) is 0 Å². The Morgan fingerprint density at radius 2 is 1.62 bits per heavy atom. The zero-order valence-corrected chi connectivity index (χ0v) is 21.2. The lowest BCUT2D eigenvalue weighted by Gasteiger charge is -2.25. The molecule has 0 aliphatic rings. The summed E-state index contributed by atoms with van der Waals surface area (Å²) in [6.07, 6.45) is -4.82. The Morgan fingerprint density at radius 3 is 2.32 bits per heavy atom. The molecule has 37 heavy (non-hydrogen) atoms. The lowest BCUT2D eigenvalue weighted by Crippen LogP contribution is -2.40. The second-order valence-electron chi connectivity index (χ2n) is 8.40. The Kier molecular flexibility index (Phi) is 7.47. The van der Waals surface area contributed by atoms with Gasteiger partial charge in [-0.1, -0.05) is 71.8 Å². The van der Waals surface area contributed by atoms with Crippen molar-refractivity contribution in [3.05, 3.63) is 107 Å². The fraction of sp³-hybridized carbons (Fsp3) is 0.148. The van der Waals surface area contributed by atoms with Gasteiger partial charge in [-0.2, -0.15) is 13.2 Å². The highest BCUT2D eigenvalue weighted by Crippen LogP contribution is 2.38. The Bertz CT molecular complexity index is 1550. The van der Waals surface area contributed by atoms with Crippen LogP contribution in [-0.2, 0) is 27.5 Å². The number of amides is 1. The van der Waals surface area contributed by atoms with Crippen molar-refractivity contribution < 1.29 is 26.4 Å². The van der Waals surface area contributed by atoms with Crippen molar-refractivity contribution in [2.24, 2.45) is 0 Å². The van der Waals surface area contributed by atoms with E-state index in [1.165, 1.54) is 12.1 Å². The number of benzene rings is 4. The molecule has 4 aromatic carbocycles. The molecule has 0 fully saturated rings. The molecule has 4 rings (SSSR count). The lowest BCUT2D eigenvalue weighted by molar-refractivity contribution is -0.137. The summed E-state index contributed by atoms with van der Waals surface area (Å²) in [7, 11) is -4.40. The summed E-state index contributed by atoms with van der Waals surface area (Å²) in [5, 5.41) is 4.00.